The number of aryl methyl sites for hydroxylation is 1. The summed E-state index contributed by atoms with van der Waals surface area (Å²) in [6.45, 7) is 0.542. The van der Waals surface area contributed by atoms with Crippen molar-refractivity contribution in [3.8, 4) is 0 Å². The van der Waals surface area contributed by atoms with E-state index >= 15 is 0 Å². The molecule has 1 aromatic heterocycles. The number of nitrogens with zero attached hydrogens (tertiary/aromatic N) is 1. The molecule has 0 saturated heterocycles. The monoisotopic (exact) mass is 296 g/mol. The van der Waals surface area contributed by atoms with Crippen molar-refractivity contribution in [3.05, 3.63) is 57.8 Å². The molecule has 1 amide bonds. The molecule has 0 aliphatic rings. The average Bonchev–Trinajstić information content (AvgIpc) is 2.74. The molecule has 2 aromatic rings. The van der Waals surface area contributed by atoms with Gasteiger partial charge in [0.25, 0.3) is 5.91 Å². The van der Waals surface area contributed by atoms with Crippen molar-refractivity contribution < 1.29 is 4.79 Å². The summed E-state index contributed by atoms with van der Waals surface area (Å²) < 4.78 is 1.78. The van der Waals surface area contributed by atoms with E-state index in [4.69, 9.17) is 23.2 Å². The first-order valence-corrected chi connectivity index (χ1v) is 6.66. The lowest BCUT2D eigenvalue weighted by Gasteiger charge is -2.07. The Bertz CT molecular complexity index is 573. The molecule has 0 aliphatic carbocycles. The first-order chi connectivity index (χ1) is 9.06. The maximum atomic E-state index is 11.9. The molecule has 1 N–H and O–H groups in total. The highest BCUT2D eigenvalue weighted by atomic mass is 35.5. The molecule has 0 fully saturated rings. The summed E-state index contributed by atoms with van der Waals surface area (Å²) in [5.41, 5.74) is 1.65. The number of benzene rings is 1. The van der Waals surface area contributed by atoms with Gasteiger partial charge in [-0.15, -0.1) is 0 Å². The van der Waals surface area contributed by atoms with Crippen molar-refractivity contribution in [2.75, 3.05) is 6.54 Å². The van der Waals surface area contributed by atoms with Crippen molar-refractivity contribution in [1.82, 2.24) is 9.88 Å². The minimum absolute atomic E-state index is 0.0828. The van der Waals surface area contributed by atoms with Gasteiger partial charge < -0.3 is 9.88 Å². The summed E-state index contributed by atoms with van der Waals surface area (Å²) >= 11 is 11.8. The number of rotatable bonds is 4. The van der Waals surface area contributed by atoms with Gasteiger partial charge in [0.1, 0.15) is 5.69 Å². The maximum Gasteiger partial charge on any atom is 0.267 e. The van der Waals surface area contributed by atoms with Gasteiger partial charge in [-0.3, -0.25) is 4.79 Å². The van der Waals surface area contributed by atoms with Gasteiger partial charge >= 0.3 is 0 Å². The predicted octanol–water partition coefficient (Wildman–Crippen LogP) is 3.30. The van der Waals surface area contributed by atoms with Gasteiger partial charge in [0, 0.05) is 29.8 Å². The molecule has 2 rings (SSSR count). The molecule has 1 heterocycles. The highest BCUT2D eigenvalue weighted by Crippen LogP contribution is 2.19. The zero-order valence-corrected chi connectivity index (χ0v) is 12.0. The number of hydrogen-bond donors (Lipinski definition) is 1. The molecule has 0 spiro atoms. The second kappa shape index (κ2) is 6.13. The van der Waals surface area contributed by atoms with Crippen LogP contribution in [0.5, 0.6) is 0 Å². The van der Waals surface area contributed by atoms with Crippen molar-refractivity contribution in [2.45, 2.75) is 6.42 Å². The predicted molar refractivity (Wildman–Crippen MR) is 77.9 cm³/mol. The normalized spacial score (nSPS) is 10.5. The van der Waals surface area contributed by atoms with E-state index in [1.54, 1.807) is 16.7 Å². The van der Waals surface area contributed by atoms with Crippen LogP contribution in [0, 0.1) is 0 Å². The molecule has 0 unspecified atom stereocenters. The Morgan fingerprint density at radius 3 is 2.53 bits per heavy atom. The molecule has 5 heteroatoms. The van der Waals surface area contributed by atoms with Gasteiger partial charge in [-0.1, -0.05) is 23.2 Å². The Morgan fingerprint density at radius 2 is 1.95 bits per heavy atom. The quantitative estimate of drug-likeness (QED) is 0.923. The summed E-state index contributed by atoms with van der Waals surface area (Å²) in [4.78, 5) is 11.9. The van der Waals surface area contributed by atoms with E-state index in [1.165, 1.54) is 0 Å². The molecule has 0 bridgehead atoms. The topological polar surface area (TPSA) is 34.0 Å². The van der Waals surface area contributed by atoms with E-state index in [1.807, 2.05) is 31.4 Å². The number of nitrogens with one attached hydrogen (secondary N) is 1. The minimum atomic E-state index is -0.0828. The van der Waals surface area contributed by atoms with Crippen LogP contribution in [0.15, 0.2) is 36.5 Å². The standard InChI is InChI=1S/C14H14Cl2N2O/c1-18-6-2-3-13(18)14(19)17-5-4-10-7-11(15)9-12(16)8-10/h2-3,6-9H,4-5H2,1H3,(H,17,19). The van der Waals surface area contributed by atoms with Crippen LogP contribution >= 0.6 is 23.2 Å². The highest BCUT2D eigenvalue weighted by molar-refractivity contribution is 6.34. The van der Waals surface area contributed by atoms with E-state index in [2.05, 4.69) is 5.32 Å². The first-order valence-electron chi connectivity index (χ1n) is 5.91. The van der Waals surface area contributed by atoms with Crippen LogP contribution in [0.4, 0.5) is 0 Å². The van der Waals surface area contributed by atoms with Gasteiger partial charge in [0.05, 0.1) is 0 Å². The van der Waals surface area contributed by atoms with E-state index in [0.29, 0.717) is 28.7 Å². The first kappa shape index (κ1) is 14.0. The third-order valence-electron chi connectivity index (χ3n) is 2.80. The molecule has 0 atom stereocenters. The third kappa shape index (κ3) is 3.75. The highest BCUT2D eigenvalue weighted by Gasteiger charge is 2.07. The van der Waals surface area contributed by atoms with Crippen LogP contribution in [0.1, 0.15) is 16.1 Å². The lowest BCUT2D eigenvalue weighted by molar-refractivity contribution is 0.0946. The molecular formula is C14H14Cl2N2O. The van der Waals surface area contributed by atoms with Gasteiger partial charge in [-0.2, -0.15) is 0 Å². The smallest absolute Gasteiger partial charge is 0.267 e. The van der Waals surface area contributed by atoms with Gasteiger partial charge in [-0.05, 0) is 42.3 Å². The average molecular weight is 297 g/mol. The third-order valence-corrected chi connectivity index (χ3v) is 3.23. The molecule has 0 aliphatic heterocycles. The Kier molecular flexibility index (Phi) is 4.51. The minimum Gasteiger partial charge on any atom is -0.350 e. The lowest BCUT2D eigenvalue weighted by atomic mass is 10.1. The molecule has 19 heavy (non-hydrogen) atoms. The number of carbonyl (C=O) groups is 1. The van der Waals surface area contributed by atoms with Crippen LogP contribution in [-0.2, 0) is 13.5 Å². The van der Waals surface area contributed by atoms with E-state index in [0.717, 1.165) is 5.56 Å². The van der Waals surface area contributed by atoms with E-state index < -0.39 is 0 Å². The van der Waals surface area contributed by atoms with Crippen LogP contribution in [0.3, 0.4) is 0 Å². The van der Waals surface area contributed by atoms with Gasteiger partial charge in [-0.25, -0.2) is 0 Å². The van der Waals surface area contributed by atoms with Crippen molar-refractivity contribution in [1.29, 1.82) is 0 Å². The summed E-state index contributed by atoms with van der Waals surface area (Å²) in [6.07, 6.45) is 2.53. The summed E-state index contributed by atoms with van der Waals surface area (Å²) in [5, 5.41) is 4.08. The van der Waals surface area contributed by atoms with Crippen LogP contribution < -0.4 is 5.32 Å². The Labute approximate surface area is 122 Å². The lowest BCUT2D eigenvalue weighted by Crippen LogP contribution is -2.27. The summed E-state index contributed by atoms with van der Waals surface area (Å²) in [6, 6.07) is 9.01. The molecule has 100 valence electrons. The number of hydrogen-bond acceptors (Lipinski definition) is 1. The zero-order chi connectivity index (χ0) is 13.8. The second-order valence-corrected chi connectivity index (χ2v) is 5.16. The fourth-order valence-electron chi connectivity index (χ4n) is 1.86. The molecule has 0 radical (unpaired) electrons. The largest absolute Gasteiger partial charge is 0.350 e. The number of aromatic nitrogens is 1. The molecule has 3 nitrogen and oxygen atoms in total. The Hall–Kier alpha value is -1.45. The fourth-order valence-corrected chi connectivity index (χ4v) is 2.43. The number of carbonyl (C=O) groups excluding carboxylic acids is 1. The number of halogens is 2. The van der Waals surface area contributed by atoms with Crippen molar-refractivity contribution >= 4 is 29.1 Å². The molecule has 0 saturated carbocycles. The molecule has 1 aromatic carbocycles. The summed E-state index contributed by atoms with van der Waals surface area (Å²) in [7, 11) is 1.84. The zero-order valence-electron chi connectivity index (χ0n) is 10.5. The molecular weight excluding hydrogens is 283 g/mol. The van der Waals surface area contributed by atoms with E-state index in [9.17, 15) is 4.79 Å². The number of amides is 1. The fraction of sp³-hybridized carbons (Fsp3) is 0.214. The van der Waals surface area contributed by atoms with Crippen molar-refractivity contribution in [2.24, 2.45) is 7.05 Å². The maximum absolute atomic E-state index is 11.9. The van der Waals surface area contributed by atoms with Crippen LogP contribution in [-0.4, -0.2) is 17.0 Å². The van der Waals surface area contributed by atoms with E-state index in [-0.39, 0.29) is 5.91 Å². The summed E-state index contributed by atoms with van der Waals surface area (Å²) in [5.74, 6) is -0.0828. The van der Waals surface area contributed by atoms with Crippen LogP contribution in [0.2, 0.25) is 10.0 Å². The Balaban J connectivity index is 1.90. The van der Waals surface area contributed by atoms with Crippen molar-refractivity contribution in [3.63, 3.8) is 0 Å². The second-order valence-electron chi connectivity index (χ2n) is 4.29. The van der Waals surface area contributed by atoms with Gasteiger partial charge in [0.15, 0.2) is 0 Å². The SMILES string of the molecule is Cn1cccc1C(=O)NCCc1cc(Cl)cc(Cl)c1. The van der Waals surface area contributed by atoms with Crippen LogP contribution in [0.25, 0.3) is 0 Å². The Morgan fingerprint density at radius 1 is 1.26 bits per heavy atom. The van der Waals surface area contributed by atoms with Gasteiger partial charge in [0.2, 0.25) is 0 Å².